The predicted octanol–water partition coefficient (Wildman–Crippen LogP) is 1.16. The molecule has 18 heavy (non-hydrogen) atoms. The van der Waals surface area contributed by atoms with Crippen LogP contribution in [0.2, 0.25) is 0 Å². The molecule has 0 radical (unpaired) electrons. The lowest BCUT2D eigenvalue weighted by Gasteiger charge is -2.01. The largest absolute Gasteiger partial charge is 0.463 e. The second-order valence-electron chi connectivity index (χ2n) is 3.37. The second-order valence-corrected chi connectivity index (χ2v) is 3.37. The number of nitrogens with zero attached hydrogens (tertiary/aromatic N) is 4. The summed E-state index contributed by atoms with van der Waals surface area (Å²) in [5, 5.41) is 14.6. The van der Waals surface area contributed by atoms with Crippen molar-refractivity contribution in [2.45, 2.75) is 6.92 Å². The summed E-state index contributed by atoms with van der Waals surface area (Å²) in [7, 11) is 0. The summed E-state index contributed by atoms with van der Waals surface area (Å²) < 4.78 is 6.48. The van der Waals surface area contributed by atoms with Crippen LogP contribution >= 0.6 is 0 Å². The first-order valence-electron chi connectivity index (χ1n) is 5.22. The van der Waals surface area contributed by atoms with Gasteiger partial charge in [0, 0.05) is 12.1 Å². The fourth-order valence-corrected chi connectivity index (χ4v) is 1.40. The Hall–Kier alpha value is -2.64. The molecule has 2 rings (SSSR count). The van der Waals surface area contributed by atoms with Gasteiger partial charge in [0.25, 0.3) is 5.69 Å². The molecule has 1 heterocycles. The highest BCUT2D eigenvalue weighted by molar-refractivity contribution is 5.43. The molecule has 0 amide bonds. The third kappa shape index (κ3) is 2.21. The van der Waals surface area contributed by atoms with Crippen molar-refractivity contribution in [2.75, 3.05) is 12.3 Å². The molecule has 1 aromatic heterocycles. The zero-order valence-corrected chi connectivity index (χ0v) is 9.61. The van der Waals surface area contributed by atoms with Gasteiger partial charge in [0.05, 0.1) is 17.2 Å². The van der Waals surface area contributed by atoms with Crippen LogP contribution in [0, 0.1) is 10.1 Å². The SMILES string of the molecule is CCOc1nc(N)n(-c2ccc([N+](=O)[O-])cc2)n1. The molecule has 0 aliphatic rings. The van der Waals surface area contributed by atoms with Crippen LogP contribution in [0.5, 0.6) is 6.01 Å². The summed E-state index contributed by atoms with van der Waals surface area (Å²) in [4.78, 5) is 14.0. The van der Waals surface area contributed by atoms with Gasteiger partial charge in [0.15, 0.2) is 0 Å². The highest BCUT2D eigenvalue weighted by atomic mass is 16.6. The number of ether oxygens (including phenoxy) is 1. The zero-order valence-electron chi connectivity index (χ0n) is 9.61. The minimum Gasteiger partial charge on any atom is -0.463 e. The van der Waals surface area contributed by atoms with E-state index in [0.717, 1.165) is 0 Å². The summed E-state index contributed by atoms with van der Waals surface area (Å²) in [5.41, 5.74) is 6.26. The molecule has 1 aromatic carbocycles. The molecular formula is C10H11N5O3. The average Bonchev–Trinajstić information content (AvgIpc) is 2.71. The van der Waals surface area contributed by atoms with Crippen molar-refractivity contribution >= 4 is 11.6 Å². The van der Waals surface area contributed by atoms with Gasteiger partial charge in [-0.2, -0.15) is 9.67 Å². The molecule has 8 nitrogen and oxygen atoms in total. The van der Waals surface area contributed by atoms with Crippen LogP contribution in [0.1, 0.15) is 6.92 Å². The van der Waals surface area contributed by atoms with Crippen molar-refractivity contribution in [1.29, 1.82) is 0 Å². The fraction of sp³-hybridized carbons (Fsp3) is 0.200. The van der Waals surface area contributed by atoms with E-state index in [4.69, 9.17) is 10.5 Å². The lowest BCUT2D eigenvalue weighted by atomic mass is 10.3. The lowest BCUT2D eigenvalue weighted by molar-refractivity contribution is -0.384. The van der Waals surface area contributed by atoms with Gasteiger partial charge in [-0.25, -0.2) is 0 Å². The van der Waals surface area contributed by atoms with Crippen molar-refractivity contribution in [3.8, 4) is 11.7 Å². The Morgan fingerprint density at radius 2 is 2.11 bits per heavy atom. The first-order valence-corrected chi connectivity index (χ1v) is 5.22. The van der Waals surface area contributed by atoms with E-state index in [1.807, 2.05) is 6.92 Å². The van der Waals surface area contributed by atoms with Crippen molar-refractivity contribution < 1.29 is 9.66 Å². The van der Waals surface area contributed by atoms with E-state index in [0.29, 0.717) is 12.3 Å². The molecule has 2 aromatic rings. The van der Waals surface area contributed by atoms with Crippen LogP contribution in [0.4, 0.5) is 11.6 Å². The van der Waals surface area contributed by atoms with Crippen molar-refractivity contribution in [3.63, 3.8) is 0 Å². The van der Waals surface area contributed by atoms with Gasteiger partial charge in [-0.3, -0.25) is 10.1 Å². The molecule has 0 spiro atoms. The Morgan fingerprint density at radius 3 is 2.67 bits per heavy atom. The highest BCUT2D eigenvalue weighted by Gasteiger charge is 2.11. The number of hydrogen-bond acceptors (Lipinski definition) is 6. The van der Waals surface area contributed by atoms with E-state index in [-0.39, 0.29) is 17.6 Å². The van der Waals surface area contributed by atoms with Crippen LogP contribution in [-0.2, 0) is 0 Å². The number of nitro groups is 1. The maximum absolute atomic E-state index is 10.5. The first-order chi connectivity index (χ1) is 8.61. The minimum absolute atomic E-state index is 0.00229. The van der Waals surface area contributed by atoms with E-state index in [1.165, 1.54) is 16.8 Å². The van der Waals surface area contributed by atoms with E-state index < -0.39 is 4.92 Å². The molecular weight excluding hydrogens is 238 g/mol. The van der Waals surface area contributed by atoms with E-state index in [1.54, 1.807) is 12.1 Å². The molecule has 0 saturated heterocycles. The van der Waals surface area contributed by atoms with Crippen molar-refractivity contribution in [1.82, 2.24) is 14.8 Å². The molecule has 0 aliphatic heterocycles. The third-order valence-corrected chi connectivity index (χ3v) is 2.19. The van der Waals surface area contributed by atoms with Gasteiger partial charge < -0.3 is 10.5 Å². The molecule has 0 fully saturated rings. The number of hydrogen-bond donors (Lipinski definition) is 1. The number of anilines is 1. The van der Waals surface area contributed by atoms with E-state index in [2.05, 4.69) is 10.1 Å². The number of rotatable bonds is 4. The van der Waals surface area contributed by atoms with Crippen LogP contribution in [0.3, 0.4) is 0 Å². The monoisotopic (exact) mass is 249 g/mol. The smallest absolute Gasteiger partial charge is 0.337 e. The number of aromatic nitrogens is 3. The third-order valence-electron chi connectivity index (χ3n) is 2.19. The lowest BCUT2D eigenvalue weighted by Crippen LogP contribution is -2.02. The number of nitrogens with two attached hydrogens (primary N) is 1. The molecule has 0 unspecified atom stereocenters. The van der Waals surface area contributed by atoms with Crippen LogP contribution in [0.15, 0.2) is 24.3 Å². The maximum atomic E-state index is 10.5. The standard InChI is InChI=1S/C10H11N5O3/c1-2-18-10-12-9(11)14(13-10)7-3-5-8(6-4-7)15(16)17/h3-6H,2H2,1H3,(H2,11,12,13). The summed E-state index contributed by atoms with van der Waals surface area (Å²) in [6.07, 6.45) is 0. The second kappa shape index (κ2) is 4.70. The van der Waals surface area contributed by atoms with Crippen LogP contribution in [-0.4, -0.2) is 26.3 Å². The van der Waals surface area contributed by atoms with Gasteiger partial charge in [0.1, 0.15) is 0 Å². The Labute approximate surface area is 102 Å². The average molecular weight is 249 g/mol. The summed E-state index contributed by atoms with van der Waals surface area (Å²) in [5.74, 6) is 0.160. The molecule has 94 valence electrons. The number of benzene rings is 1. The zero-order chi connectivity index (χ0) is 13.1. The van der Waals surface area contributed by atoms with Crippen LogP contribution < -0.4 is 10.5 Å². The summed E-state index contributed by atoms with van der Waals surface area (Å²) in [6.45, 7) is 2.24. The Morgan fingerprint density at radius 1 is 1.44 bits per heavy atom. The molecule has 0 atom stereocenters. The maximum Gasteiger partial charge on any atom is 0.337 e. The molecule has 0 saturated carbocycles. The van der Waals surface area contributed by atoms with Gasteiger partial charge in [-0.1, -0.05) is 0 Å². The first kappa shape index (κ1) is 11.8. The fourth-order valence-electron chi connectivity index (χ4n) is 1.40. The van der Waals surface area contributed by atoms with Gasteiger partial charge in [0.2, 0.25) is 5.95 Å². The normalized spacial score (nSPS) is 10.3. The Balaban J connectivity index is 2.33. The van der Waals surface area contributed by atoms with Crippen LogP contribution in [0.25, 0.3) is 5.69 Å². The highest BCUT2D eigenvalue weighted by Crippen LogP contribution is 2.18. The molecule has 0 bridgehead atoms. The Kier molecular flexibility index (Phi) is 3.09. The van der Waals surface area contributed by atoms with E-state index >= 15 is 0 Å². The molecule has 8 heteroatoms. The quantitative estimate of drug-likeness (QED) is 0.643. The number of non-ortho nitro benzene ring substituents is 1. The predicted molar refractivity (Wildman–Crippen MR) is 63.6 cm³/mol. The number of nitrogen functional groups attached to an aromatic ring is 1. The molecule has 2 N–H and O–H groups in total. The number of nitro benzene ring substituents is 1. The van der Waals surface area contributed by atoms with Crippen molar-refractivity contribution in [2.24, 2.45) is 0 Å². The summed E-state index contributed by atoms with van der Waals surface area (Å²) in [6, 6.07) is 6.00. The van der Waals surface area contributed by atoms with Gasteiger partial charge in [-0.15, -0.1) is 5.10 Å². The Bertz CT molecular complexity index is 563. The summed E-state index contributed by atoms with van der Waals surface area (Å²) >= 11 is 0. The topological polar surface area (TPSA) is 109 Å². The van der Waals surface area contributed by atoms with Gasteiger partial charge in [-0.05, 0) is 19.1 Å². The minimum atomic E-state index is -0.472. The molecule has 0 aliphatic carbocycles. The van der Waals surface area contributed by atoms with Crippen molar-refractivity contribution in [3.05, 3.63) is 34.4 Å². The van der Waals surface area contributed by atoms with E-state index in [9.17, 15) is 10.1 Å². The van der Waals surface area contributed by atoms with Gasteiger partial charge >= 0.3 is 6.01 Å².